The van der Waals surface area contributed by atoms with Crippen molar-refractivity contribution in [2.75, 3.05) is 13.2 Å². The van der Waals surface area contributed by atoms with E-state index in [1.807, 2.05) is 29.6 Å². The third-order valence-corrected chi connectivity index (χ3v) is 4.97. The Morgan fingerprint density at radius 3 is 3.19 bits per heavy atom. The molecule has 8 heteroatoms. The van der Waals surface area contributed by atoms with Gasteiger partial charge in [-0.05, 0) is 18.6 Å². The highest BCUT2D eigenvalue weighted by Gasteiger charge is 2.28. The molecule has 0 aliphatic carbocycles. The number of carbonyl (C=O) groups excluding carboxylic acids is 1. The van der Waals surface area contributed by atoms with Crippen LogP contribution >= 0.6 is 11.3 Å². The molecule has 1 fully saturated rings. The van der Waals surface area contributed by atoms with E-state index in [1.54, 1.807) is 16.8 Å². The van der Waals surface area contributed by atoms with Gasteiger partial charge >= 0.3 is 0 Å². The fourth-order valence-corrected chi connectivity index (χ4v) is 3.60. The minimum Gasteiger partial charge on any atom is -0.379 e. The molecule has 1 saturated heterocycles. The molecule has 2 aromatic heterocycles. The summed E-state index contributed by atoms with van der Waals surface area (Å²) >= 11 is 1.54. The number of para-hydroxylation sites is 2. The molecule has 4 rings (SSSR count). The van der Waals surface area contributed by atoms with E-state index in [0.717, 1.165) is 23.1 Å². The van der Waals surface area contributed by atoms with Gasteiger partial charge in [-0.1, -0.05) is 12.1 Å². The summed E-state index contributed by atoms with van der Waals surface area (Å²) in [6.45, 7) is 1.54. The van der Waals surface area contributed by atoms with Crippen LogP contribution in [0.15, 0.2) is 35.2 Å². The van der Waals surface area contributed by atoms with Gasteiger partial charge in [0.1, 0.15) is 5.82 Å². The molecule has 1 aliphatic rings. The molecule has 0 radical (unpaired) electrons. The van der Waals surface area contributed by atoms with E-state index in [-0.39, 0.29) is 24.5 Å². The van der Waals surface area contributed by atoms with Crippen LogP contribution in [0.4, 0.5) is 0 Å². The van der Waals surface area contributed by atoms with Gasteiger partial charge < -0.3 is 19.8 Å². The predicted molar refractivity (Wildman–Crippen MR) is 97.9 cm³/mol. The van der Waals surface area contributed by atoms with E-state index in [9.17, 15) is 4.79 Å². The number of fused-ring (bicyclic) bond motifs is 1. The Bertz CT molecular complexity index is 831. The summed E-state index contributed by atoms with van der Waals surface area (Å²) in [7, 11) is 0. The number of nitrogens with one attached hydrogen (secondary N) is 2. The van der Waals surface area contributed by atoms with Crippen LogP contribution in [0.5, 0.6) is 0 Å². The summed E-state index contributed by atoms with van der Waals surface area (Å²) in [4.78, 5) is 24.3. The maximum Gasteiger partial charge on any atom is 0.227 e. The Balaban J connectivity index is 1.35. The number of rotatable bonds is 6. The van der Waals surface area contributed by atoms with Crippen molar-refractivity contribution in [3.05, 3.63) is 46.7 Å². The van der Waals surface area contributed by atoms with Gasteiger partial charge in [0.15, 0.2) is 0 Å². The third-order valence-electron chi connectivity index (χ3n) is 4.33. The maximum absolute atomic E-state index is 12.4. The standard InChI is InChI=1S/C18H20N4O3S/c23-18(7-17-20-13-3-1-2-4-14(13)21-17)22-15-9-24-6-5-16(15)25-8-12-10-26-11-19-12/h1-4,10-11,15-16H,5-9H2,(H,20,21)(H,22,23)/t15-,16+/m1/s1. The zero-order valence-corrected chi connectivity index (χ0v) is 15.0. The maximum atomic E-state index is 12.4. The molecule has 7 nitrogen and oxygen atoms in total. The van der Waals surface area contributed by atoms with Crippen LogP contribution in [0.3, 0.4) is 0 Å². The number of nitrogens with zero attached hydrogens (tertiary/aromatic N) is 2. The van der Waals surface area contributed by atoms with E-state index in [4.69, 9.17) is 9.47 Å². The Morgan fingerprint density at radius 1 is 1.42 bits per heavy atom. The molecule has 0 bridgehead atoms. The highest BCUT2D eigenvalue weighted by Crippen LogP contribution is 2.15. The van der Waals surface area contributed by atoms with E-state index >= 15 is 0 Å². The molecule has 3 heterocycles. The lowest BCUT2D eigenvalue weighted by Crippen LogP contribution is -2.51. The van der Waals surface area contributed by atoms with Gasteiger partial charge in [0.05, 0.1) is 54.0 Å². The molecular formula is C18H20N4O3S. The zero-order chi connectivity index (χ0) is 17.8. The van der Waals surface area contributed by atoms with Crippen molar-refractivity contribution in [1.29, 1.82) is 0 Å². The van der Waals surface area contributed by atoms with Crippen molar-refractivity contribution in [2.24, 2.45) is 0 Å². The molecule has 2 N–H and O–H groups in total. The van der Waals surface area contributed by atoms with E-state index in [2.05, 4.69) is 20.3 Å². The number of benzene rings is 1. The normalized spacial score (nSPS) is 20.3. The van der Waals surface area contributed by atoms with Gasteiger partial charge in [0.25, 0.3) is 0 Å². The minimum absolute atomic E-state index is 0.0786. The first-order valence-electron chi connectivity index (χ1n) is 8.57. The van der Waals surface area contributed by atoms with Crippen molar-refractivity contribution in [3.63, 3.8) is 0 Å². The summed E-state index contributed by atoms with van der Waals surface area (Å²) in [6, 6.07) is 7.57. The van der Waals surface area contributed by atoms with Crippen LogP contribution < -0.4 is 5.32 Å². The number of thiazole rings is 1. The lowest BCUT2D eigenvalue weighted by molar-refractivity contribution is -0.126. The Hall–Kier alpha value is -2.29. The van der Waals surface area contributed by atoms with Crippen LogP contribution in [0.25, 0.3) is 11.0 Å². The monoisotopic (exact) mass is 372 g/mol. The number of hydrogen-bond acceptors (Lipinski definition) is 6. The first-order valence-corrected chi connectivity index (χ1v) is 9.51. The van der Waals surface area contributed by atoms with E-state index in [1.165, 1.54) is 0 Å². The molecule has 0 spiro atoms. The molecule has 2 atom stereocenters. The highest BCUT2D eigenvalue weighted by molar-refractivity contribution is 7.07. The molecule has 1 aromatic carbocycles. The second kappa shape index (κ2) is 7.94. The number of imidazole rings is 1. The average Bonchev–Trinajstić information content (AvgIpc) is 3.29. The smallest absolute Gasteiger partial charge is 0.227 e. The number of ether oxygens (including phenoxy) is 2. The van der Waals surface area contributed by atoms with Gasteiger partial charge in [-0.2, -0.15) is 0 Å². The van der Waals surface area contributed by atoms with Gasteiger partial charge in [-0.25, -0.2) is 9.97 Å². The summed E-state index contributed by atoms with van der Waals surface area (Å²) in [6.07, 6.45) is 0.869. The van der Waals surface area contributed by atoms with Crippen molar-refractivity contribution in [2.45, 2.75) is 31.6 Å². The average molecular weight is 372 g/mol. The Morgan fingerprint density at radius 2 is 2.35 bits per heavy atom. The Kier molecular flexibility index (Phi) is 5.24. The van der Waals surface area contributed by atoms with Gasteiger partial charge in [-0.15, -0.1) is 11.3 Å². The summed E-state index contributed by atoms with van der Waals surface area (Å²) in [5.74, 6) is 0.558. The van der Waals surface area contributed by atoms with Crippen LogP contribution in [-0.2, 0) is 27.3 Å². The molecule has 26 heavy (non-hydrogen) atoms. The summed E-state index contributed by atoms with van der Waals surface area (Å²) < 4.78 is 11.5. The first-order chi connectivity index (χ1) is 12.8. The van der Waals surface area contributed by atoms with Gasteiger partial charge in [0, 0.05) is 12.0 Å². The third kappa shape index (κ3) is 4.09. The zero-order valence-electron chi connectivity index (χ0n) is 14.2. The Labute approximate surface area is 154 Å². The molecule has 1 amide bonds. The van der Waals surface area contributed by atoms with Crippen LogP contribution in [0.2, 0.25) is 0 Å². The van der Waals surface area contributed by atoms with E-state index in [0.29, 0.717) is 25.6 Å². The van der Waals surface area contributed by atoms with Gasteiger partial charge in [-0.3, -0.25) is 4.79 Å². The molecule has 3 aromatic rings. The fourth-order valence-electron chi connectivity index (χ4n) is 3.05. The van der Waals surface area contributed by atoms with Crippen LogP contribution in [0.1, 0.15) is 17.9 Å². The second-order valence-electron chi connectivity index (χ2n) is 6.24. The van der Waals surface area contributed by atoms with Crippen LogP contribution in [0, 0.1) is 0 Å². The van der Waals surface area contributed by atoms with E-state index < -0.39 is 0 Å². The fraction of sp³-hybridized carbons (Fsp3) is 0.389. The molecule has 1 aliphatic heterocycles. The van der Waals surface area contributed by atoms with Crippen molar-refractivity contribution in [3.8, 4) is 0 Å². The first kappa shape index (κ1) is 17.1. The minimum atomic E-state index is -0.167. The number of carbonyl (C=O) groups is 1. The molecule has 0 saturated carbocycles. The number of aromatic amines is 1. The molecule has 0 unspecified atom stereocenters. The topological polar surface area (TPSA) is 89.1 Å². The SMILES string of the molecule is O=C(Cc1nc2ccccc2[nH]1)N[C@@H]1COCC[C@@H]1OCc1cscn1. The molecular weight excluding hydrogens is 352 g/mol. The van der Waals surface area contributed by atoms with Crippen molar-refractivity contribution in [1.82, 2.24) is 20.3 Å². The summed E-state index contributed by atoms with van der Waals surface area (Å²) in [5.41, 5.74) is 4.49. The number of aromatic nitrogens is 3. The lowest BCUT2D eigenvalue weighted by Gasteiger charge is -2.31. The number of amides is 1. The lowest BCUT2D eigenvalue weighted by atomic mass is 10.1. The quantitative estimate of drug-likeness (QED) is 0.691. The predicted octanol–water partition coefficient (Wildman–Crippen LogP) is 2.05. The second-order valence-corrected chi connectivity index (χ2v) is 6.96. The highest BCUT2D eigenvalue weighted by atomic mass is 32.1. The van der Waals surface area contributed by atoms with Crippen molar-refractivity contribution >= 4 is 28.3 Å². The van der Waals surface area contributed by atoms with Crippen molar-refractivity contribution < 1.29 is 14.3 Å². The number of H-pyrrole nitrogens is 1. The molecule has 136 valence electrons. The number of hydrogen-bond donors (Lipinski definition) is 2. The van der Waals surface area contributed by atoms with Gasteiger partial charge in [0.2, 0.25) is 5.91 Å². The largest absolute Gasteiger partial charge is 0.379 e. The summed E-state index contributed by atoms with van der Waals surface area (Å²) in [5, 5.41) is 4.99. The van der Waals surface area contributed by atoms with Crippen LogP contribution in [-0.4, -0.2) is 46.2 Å².